The first-order chi connectivity index (χ1) is 11.6. The van der Waals surface area contributed by atoms with Crippen LogP contribution in [0.4, 0.5) is 0 Å². The van der Waals surface area contributed by atoms with Gasteiger partial charge in [-0.25, -0.2) is 9.89 Å². The van der Waals surface area contributed by atoms with Crippen molar-refractivity contribution in [2.24, 2.45) is 0 Å². The minimum absolute atomic E-state index is 0.0350. The lowest BCUT2D eigenvalue weighted by molar-refractivity contribution is 0.0470. The Balaban J connectivity index is 1.80. The molecule has 0 fully saturated rings. The van der Waals surface area contributed by atoms with Gasteiger partial charge in [-0.05, 0) is 18.2 Å². The second-order valence-electron chi connectivity index (χ2n) is 4.96. The summed E-state index contributed by atoms with van der Waals surface area (Å²) in [7, 11) is 0. The van der Waals surface area contributed by atoms with Gasteiger partial charge in [-0.3, -0.25) is 9.59 Å². The molecular formula is C17H11BrN2O4. The van der Waals surface area contributed by atoms with Crippen LogP contribution in [0.1, 0.15) is 20.8 Å². The van der Waals surface area contributed by atoms with Gasteiger partial charge in [0.25, 0.3) is 5.56 Å². The van der Waals surface area contributed by atoms with Crippen molar-refractivity contribution in [1.29, 1.82) is 0 Å². The zero-order valence-electron chi connectivity index (χ0n) is 12.3. The summed E-state index contributed by atoms with van der Waals surface area (Å²) in [5.41, 5.74) is -0.00364. The number of nitrogens with zero attached hydrogens (tertiary/aromatic N) is 1. The summed E-state index contributed by atoms with van der Waals surface area (Å²) in [4.78, 5) is 36.0. The molecule has 1 N–H and O–H groups in total. The molecule has 2 aromatic carbocycles. The molecule has 120 valence electrons. The number of fused-ring (bicyclic) bond motifs is 1. The number of ether oxygens (including phenoxy) is 1. The summed E-state index contributed by atoms with van der Waals surface area (Å²) in [6.45, 7) is -0.412. The Kier molecular flexibility index (Phi) is 4.52. The average molecular weight is 387 g/mol. The van der Waals surface area contributed by atoms with Crippen LogP contribution in [0.5, 0.6) is 0 Å². The Morgan fingerprint density at radius 3 is 2.58 bits per heavy atom. The van der Waals surface area contributed by atoms with E-state index in [9.17, 15) is 14.4 Å². The van der Waals surface area contributed by atoms with E-state index in [0.717, 1.165) is 4.47 Å². The van der Waals surface area contributed by atoms with Crippen LogP contribution in [-0.4, -0.2) is 28.6 Å². The van der Waals surface area contributed by atoms with E-state index in [4.69, 9.17) is 4.74 Å². The molecule has 7 heteroatoms. The van der Waals surface area contributed by atoms with Crippen molar-refractivity contribution in [3.63, 3.8) is 0 Å². The number of aromatic amines is 1. The molecule has 1 heterocycles. The van der Waals surface area contributed by atoms with Gasteiger partial charge in [0, 0.05) is 15.4 Å². The number of carbonyl (C=O) groups excluding carboxylic acids is 2. The number of H-pyrrole nitrogens is 1. The molecule has 0 aliphatic carbocycles. The smallest absolute Gasteiger partial charge is 0.359 e. The molecule has 0 bridgehead atoms. The molecule has 3 rings (SSSR count). The lowest BCUT2D eigenvalue weighted by Gasteiger charge is -2.06. The van der Waals surface area contributed by atoms with Crippen molar-refractivity contribution in [3.8, 4) is 0 Å². The van der Waals surface area contributed by atoms with Crippen LogP contribution in [-0.2, 0) is 4.74 Å². The normalized spacial score (nSPS) is 10.5. The summed E-state index contributed by atoms with van der Waals surface area (Å²) in [5.74, 6) is -1.11. The third-order valence-corrected chi connectivity index (χ3v) is 3.86. The van der Waals surface area contributed by atoms with E-state index in [1.165, 1.54) is 0 Å². The Hall–Kier alpha value is -2.80. The zero-order chi connectivity index (χ0) is 17.1. The van der Waals surface area contributed by atoms with Gasteiger partial charge in [0.05, 0.1) is 5.39 Å². The van der Waals surface area contributed by atoms with Crippen molar-refractivity contribution in [2.75, 3.05) is 6.61 Å². The molecule has 0 amide bonds. The molecule has 3 aromatic rings. The minimum Gasteiger partial charge on any atom is -0.452 e. The van der Waals surface area contributed by atoms with Gasteiger partial charge in [-0.2, -0.15) is 5.10 Å². The summed E-state index contributed by atoms with van der Waals surface area (Å²) in [6, 6.07) is 13.3. The molecular weight excluding hydrogens is 376 g/mol. The summed E-state index contributed by atoms with van der Waals surface area (Å²) >= 11 is 3.28. The number of halogens is 1. The van der Waals surface area contributed by atoms with Crippen LogP contribution < -0.4 is 5.56 Å². The minimum atomic E-state index is -0.772. The molecule has 1 aromatic heterocycles. The number of rotatable bonds is 4. The predicted molar refractivity (Wildman–Crippen MR) is 91.1 cm³/mol. The molecule has 0 spiro atoms. The third kappa shape index (κ3) is 3.26. The molecule has 0 saturated heterocycles. The van der Waals surface area contributed by atoms with E-state index in [-0.39, 0.29) is 11.5 Å². The lowest BCUT2D eigenvalue weighted by Crippen LogP contribution is -2.19. The molecule has 0 radical (unpaired) electrons. The Bertz CT molecular complexity index is 997. The van der Waals surface area contributed by atoms with E-state index in [1.807, 2.05) is 0 Å². The predicted octanol–water partition coefficient (Wildman–Crippen LogP) is 2.73. The number of nitrogens with one attached hydrogen (secondary N) is 1. The maximum Gasteiger partial charge on any atom is 0.359 e. The number of benzene rings is 2. The van der Waals surface area contributed by atoms with Gasteiger partial charge in [-0.15, -0.1) is 0 Å². The fourth-order valence-corrected chi connectivity index (χ4v) is 2.61. The first-order valence-electron chi connectivity index (χ1n) is 6.99. The van der Waals surface area contributed by atoms with Crippen LogP contribution in [0, 0.1) is 0 Å². The molecule has 0 saturated carbocycles. The first-order valence-corrected chi connectivity index (χ1v) is 7.79. The highest BCUT2D eigenvalue weighted by molar-refractivity contribution is 9.10. The van der Waals surface area contributed by atoms with Gasteiger partial charge in [-0.1, -0.05) is 46.3 Å². The number of hydrogen-bond donors (Lipinski definition) is 1. The van der Waals surface area contributed by atoms with Crippen molar-refractivity contribution in [2.45, 2.75) is 0 Å². The quantitative estimate of drug-likeness (QED) is 0.549. The number of Topliss-reactive ketones (excluding diaryl/α,β-unsaturated/α-hetero) is 1. The molecule has 0 aliphatic heterocycles. The van der Waals surface area contributed by atoms with Crippen LogP contribution >= 0.6 is 15.9 Å². The number of aromatic nitrogens is 2. The van der Waals surface area contributed by atoms with E-state index in [1.54, 1.807) is 48.5 Å². The largest absolute Gasteiger partial charge is 0.452 e. The SMILES string of the molecule is O=C(COC(=O)c1n[nH]c(=O)c2ccccc12)c1cccc(Br)c1. The monoisotopic (exact) mass is 386 g/mol. The average Bonchev–Trinajstić information content (AvgIpc) is 2.60. The van der Waals surface area contributed by atoms with Crippen molar-refractivity contribution in [1.82, 2.24) is 10.2 Å². The van der Waals surface area contributed by atoms with Gasteiger partial charge in [0.1, 0.15) is 0 Å². The van der Waals surface area contributed by atoms with Gasteiger partial charge < -0.3 is 4.74 Å². The first kappa shape index (κ1) is 16.1. The van der Waals surface area contributed by atoms with Gasteiger partial charge in [0.15, 0.2) is 18.1 Å². The third-order valence-electron chi connectivity index (χ3n) is 3.37. The van der Waals surface area contributed by atoms with Crippen LogP contribution in [0.25, 0.3) is 10.8 Å². The van der Waals surface area contributed by atoms with Crippen LogP contribution in [0.2, 0.25) is 0 Å². The molecule has 0 aliphatic rings. The number of hydrogen-bond acceptors (Lipinski definition) is 5. The Morgan fingerprint density at radius 1 is 1.08 bits per heavy atom. The van der Waals surface area contributed by atoms with E-state index >= 15 is 0 Å². The molecule has 0 unspecified atom stereocenters. The fraction of sp³-hybridized carbons (Fsp3) is 0.0588. The maximum absolute atomic E-state index is 12.2. The Labute approximate surface area is 144 Å². The topological polar surface area (TPSA) is 89.1 Å². The number of carbonyl (C=O) groups is 2. The van der Waals surface area contributed by atoms with E-state index in [0.29, 0.717) is 16.3 Å². The van der Waals surface area contributed by atoms with Crippen molar-refractivity contribution >= 4 is 38.5 Å². The van der Waals surface area contributed by atoms with Crippen LogP contribution in [0.15, 0.2) is 57.8 Å². The van der Waals surface area contributed by atoms with E-state index < -0.39 is 18.1 Å². The summed E-state index contributed by atoms with van der Waals surface area (Å²) in [6.07, 6.45) is 0. The highest BCUT2D eigenvalue weighted by Gasteiger charge is 2.17. The molecule has 0 atom stereocenters. The second kappa shape index (κ2) is 6.76. The molecule has 24 heavy (non-hydrogen) atoms. The Morgan fingerprint density at radius 2 is 1.83 bits per heavy atom. The number of esters is 1. The summed E-state index contributed by atoms with van der Waals surface area (Å²) < 4.78 is 5.80. The van der Waals surface area contributed by atoms with Crippen molar-refractivity contribution < 1.29 is 14.3 Å². The zero-order valence-corrected chi connectivity index (χ0v) is 13.9. The summed E-state index contributed by atoms with van der Waals surface area (Å²) in [5, 5.41) is 6.70. The number of ketones is 1. The van der Waals surface area contributed by atoms with E-state index in [2.05, 4.69) is 26.1 Å². The highest BCUT2D eigenvalue weighted by Crippen LogP contribution is 2.15. The molecule has 6 nitrogen and oxygen atoms in total. The highest BCUT2D eigenvalue weighted by atomic mass is 79.9. The second-order valence-corrected chi connectivity index (χ2v) is 5.87. The lowest BCUT2D eigenvalue weighted by atomic mass is 10.1. The van der Waals surface area contributed by atoms with Gasteiger partial charge >= 0.3 is 5.97 Å². The van der Waals surface area contributed by atoms with Crippen molar-refractivity contribution in [3.05, 3.63) is 74.6 Å². The fourth-order valence-electron chi connectivity index (χ4n) is 2.22. The van der Waals surface area contributed by atoms with Crippen LogP contribution in [0.3, 0.4) is 0 Å². The maximum atomic E-state index is 12.2. The standard InChI is InChI=1S/C17H11BrN2O4/c18-11-5-3-4-10(8-11)14(21)9-24-17(23)15-12-6-1-2-7-13(12)16(22)20-19-15/h1-8H,9H2,(H,20,22). The van der Waals surface area contributed by atoms with Gasteiger partial charge in [0.2, 0.25) is 0 Å².